The van der Waals surface area contributed by atoms with Crippen molar-refractivity contribution in [1.29, 1.82) is 0 Å². The minimum atomic E-state index is 0.633. The first-order valence-corrected chi connectivity index (χ1v) is 37.6. The average Bonchev–Trinajstić information content (AvgIpc) is 1.59. The first-order chi connectivity index (χ1) is 55.5. The summed E-state index contributed by atoms with van der Waals surface area (Å²) in [4.78, 5) is 34.2. The first kappa shape index (κ1) is 67.4. The Morgan fingerprint density at radius 1 is 0.152 bits per heavy atom. The van der Waals surface area contributed by atoms with Gasteiger partial charge in [-0.1, -0.05) is 297 Å². The maximum atomic E-state index is 4.99. The summed E-state index contributed by atoms with van der Waals surface area (Å²) >= 11 is 0. The molecule has 16 aromatic carbocycles. The van der Waals surface area contributed by atoms with Crippen LogP contribution in [-0.4, -0.2) is 39.0 Å². The number of benzene rings is 16. The number of rotatable bonds is 16. The Balaban J connectivity index is 0.000000151. The second-order valence-electron chi connectivity index (χ2n) is 27.5. The Bertz CT molecular complexity index is 6510. The molecule has 0 radical (unpaired) electrons. The highest BCUT2D eigenvalue weighted by molar-refractivity contribution is 6.12. The van der Waals surface area contributed by atoms with Crippen LogP contribution in [0.15, 0.2) is 425 Å². The molecule has 4 aromatic heterocycles. The van der Waals surface area contributed by atoms with Crippen molar-refractivity contribution < 1.29 is 0 Å². The number of anilines is 6. The van der Waals surface area contributed by atoms with E-state index < -0.39 is 0 Å². The summed E-state index contributed by atoms with van der Waals surface area (Å²) < 4.78 is 4.74. The zero-order valence-corrected chi connectivity index (χ0v) is 60.9. The Morgan fingerprint density at radius 2 is 0.420 bits per heavy atom. The Hall–Kier alpha value is -15.3. The summed E-state index contributed by atoms with van der Waals surface area (Å²) in [6.07, 6.45) is 0. The van der Waals surface area contributed by atoms with E-state index >= 15 is 0 Å². The van der Waals surface area contributed by atoms with E-state index in [0.717, 1.165) is 118 Å². The first-order valence-electron chi connectivity index (χ1n) is 37.6. The van der Waals surface area contributed by atoms with E-state index in [4.69, 9.17) is 29.9 Å². The summed E-state index contributed by atoms with van der Waals surface area (Å²) in [5, 5.41) is 4.82. The van der Waals surface area contributed by atoms with Crippen molar-refractivity contribution in [1.82, 2.24) is 39.0 Å². The van der Waals surface area contributed by atoms with Gasteiger partial charge in [-0.2, -0.15) is 0 Å². The van der Waals surface area contributed by atoms with Crippen LogP contribution in [0.2, 0.25) is 0 Å². The fraction of sp³-hybridized carbons (Fsp3) is 0. The van der Waals surface area contributed by atoms with Crippen LogP contribution in [0, 0.1) is 0 Å². The van der Waals surface area contributed by atoms with Crippen molar-refractivity contribution >= 4 is 77.7 Å². The van der Waals surface area contributed by atoms with Gasteiger partial charge in [0.2, 0.25) is 0 Å². The van der Waals surface area contributed by atoms with Gasteiger partial charge in [-0.15, -0.1) is 0 Å². The molecule has 0 saturated carbocycles. The molecule has 0 saturated heterocycles. The molecular formula is C102H70N10. The van der Waals surface area contributed by atoms with Crippen LogP contribution in [0.4, 0.5) is 34.1 Å². The van der Waals surface area contributed by atoms with Crippen LogP contribution in [0.3, 0.4) is 0 Å². The standard InChI is InChI=1S/2C51H35N5/c1-5-17-36(18-6-1)49-52-50(37-19-7-2-8-20-37)54-51(53-49)40-23-15-21-38(33-40)39-22-16-28-43(34-39)56-47-30-14-13-29-45(47)46-35-44(31-32-48(46)56)55(41-24-9-3-10-25-41)42-26-11-4-12-27-42;1-5-15-38(16-6-1)49-52-50(39-17-7-2-8-18-39)54-51(53-49)40-27-25-36(26-28-40)37-29-31-43(32-30-37)56-47-24-14-13-23-45(47)46-35-44(33-34-48(46)56)55(41-19-9-3-10-20-41)42-21-11-4-12-22-42/h2*1-35H. The molecule has 0 aliphatic heterocycles. The minimum absolute atomic E-state index is 0.633. The summed E-state index contributed by atoms with van der Waals surface area (Å²) in [5.41, 5.74) is 23.6. The van der Waals surface area contributed by atoms with Gasteiger partial charge in [-0.05, 0) is 150 Å². The smallest absolute Gasteiger partial charge is 0.164 e. The number of nitrogens with zero attached hydrogens (tertiary/aromatic N) is 10. The molecule has 10 heteroatoms. The lowest BCUT2D eigenvalue weighted by Gasteiger charge is -2.25. The van der Waals surface area contributed by atoms with Crippen molar-refractivity contribution in [2.24, 2.45) is 0 Å². The van der Waals surface area contributed by atoms with Crippen molar-refractivity contribution in [3.05, 3.63) is 425 Å². The maximum absolute atomic E-state index is 4.99. The Kier molecular flexibility index (Phi) is 18.1. The fourth-order valence-electron chi connectivity index (χ4n) is 15.1. The van der Waals surface area contributed by atoms with E-state index in [-0.39, 0.29) is 0 Å². The van der Waals surface area contributed by atoms with E-state index in [1.807, 2.05) is 121 Å². The van der Waals surface area contributed by atoms with Crippen LogP contribution in [0.1, 0.15) is 0 Å². The zero-order chi connectivity index (χ0) is 74.5. The third kappa shape index (κ3) is 13.5. The van der Waals surface area contributed by atoms with Crippen LogP contribution in [0.25, 0.3) is 146 Å². The molecule has 0 fully saturated rings. The molecule has 0 unspecified atom stereocenters. The van der Waals surface area contributed by atoms with Gasteiger partial charge in [0.25, 0.3) is 0 Å². The molecule has 0 bridgehead atoms. The van der Waals surface area contributed by atoms with Crippen LogP contribution < -0.4 is 9.80 Å². The molecule has 0 spiro atoms. The molecule has 528 valence electrons. The van der Waals surface area contributed by atoms with Gasteiger partial charge in [-0.25, -0.2) is 29.9 Å². The number of aromatic nitrogens is 8. The molecular weight excluding hydrogens is 1370 g/mol. The third-order valence-electron chi connectivity index (χ3n) is 20.4. The maximum Gasteiger partial charge on any atom is 0.164 e. The van der Waals surface area contributed by atoms with Crippen LogP contribution in [0.5, 0.6) is 0 Å². The van der Waals surface area contributed by atoms with Crippen molar-refractivity contribution in [3.8, 4) is 102 Å². The van der Waals surface area contributed by atoms with Gasteiger partial charge in [0, 0.05) is 100 Å². The van der Waals surface area contributed by atoms with E-state index in [1.54, 1.807) is 0 Å². The van der Waals surface area contributed by atoms with Crippen LogP contribution >= 0.6 is 0 Å². The predicted molar refractivity (Wildman–Crippen MR) is 461 cm³/mol. The van der Waals surface area contributed by atoms with E-state index in [0.29, 0.717) is 34.9 Å². The summed E-state index contributed by atoms with van der Waals surface area (Å²) in [5.74, 6) is 3.87. The number of hydrogen-bond acceptors (Lipinski definition) is 8. The number of fused-ring (bicyclic) bond motifs is 6. The molecule has 0 aliphatic rings. The molecule has 0 N–H and O–H groups in total. The number of para-hydroxylation sites is 6. The second kappa shape index (κ2) is 30.2. The second-order valence-corrected chi connectivity index (χ2v) is 27.5. The van der Waals surface area contributed by atoms with Gasteiger partial charge in [0.1, 0.15) is 0 Å². The predicted octanol–water partition coefficient (Wildman–Crippen LogP) is 26.2. The summed E-state index contributed by atoms with van der Waals surface area (Å²) in [6, 6.07) is 148. The quantitative estimate of drug-likeness (QED) is 0.0944. The molecule has 20 rings (SSSR count). The Labute approximate surface area is 649 Å². The van der Waals surface area contributed by atoms with Gasteiger partial charge >= 0.3 is 0 Å². The monoisotopic (exact) mass is 1430 g/mol. The summed E-state index contributed by atoms with van der Waals surface area (Å²) in [7, 11) is 0. The molecule has 112 heavy (non-hydrogen) atoms. The van der Waals surface area contributed by atoms with Crippen molar-refractivity contribution in [3.63, 3.8) is 0 Å². The summed E-state index contributed by atoms with van der Waals surface area (Å²) in [6.45, 7) is 0. The highest BCUT2D eigenvalue weighted by Crippen LogP contribution is 2.43. The van der Waals surface area contributed by atoms with Crippen molar-refractivity contribution in [2.75, 3.05) is 9.80 Å². The molecule has 4 heterocycles. The average molecular weight is 1440 g/mol. The molecule has 20 aromatic rings. The van der Waals surface area contributed by atoms with Crippen LogP contribution in [-0.2, 0) is 0 Å². The highest BCUT2D eigenvalue weighted by atomic mass is 15.2. The van der Waals surface area contributed by atoms with Gasteiger partial charge < -0.3 is 18.9 Å². The van der Waals surface area contributed by atoms with E-state index in [9.17, 15) is 0 Å². The molecule has 0 amide bonds. The molecule has 0 aliphatic carbocycles. The SMILES string of the molecule is c1ccc(-c2nc(-c3ccccc3)nc(-c3ccc(-c4ccc(-n5c6ccccc6c6cc(N(c7ccccc7)c7ccccc7)ccc65)cc4)cc3)n2)cc1.c1ccc(-c2nc(-c3ccccc3)nc(-c3cccc(-c4cccc(-n5c6ccccc6c6cc(N(c7ccccc7)c7ccccc7)ccc65)c4)c3)n2)cc1. The van der Waals surface area contributed by atoms with Crippen molar-refractivity contribution in [2.45, 2.75) is 0 Å². The van der Waals surface area contributed by atoms with Gasteiger partial charge in [-0.3, -0.25) is 0 Å². The lowest BCUT2D eigenvalue weighted by Crippen LogP contribution is -2.09. The topological polar surface area (TPSA) is 93.7 Å². The highest BCUT2D eigenvalue weighted by Gasteiger charge is 2.22. The number of hydrogen-bond donors (Lipinski definition) is 0. The largest absolute Gasteiger partial charge is 0.310 e. The zero-order valence-electron chi connectivity index (χ0n) is 60.9. The normalized spacial score (nSPS) is 11.2. The lowest BCUT2D eigenvalue weighted by atomic mass is 10.0. The fourth-order valence-corrected chi connectivity index (χ4v) is 15.1. The van der Waals surface area contributed by atoms with E-state index in [2.05, 4.69) is 322 Å². The molecule has 0 atom stereocenters. The minimum Gasteiger partial charge on any atom is -0.310 e. The third-order valence-corrected chi connectivity index (χ3v) is 20.4. The van der Waals surface area contributed by atoms with Gasteiger partial charge in [0.15, 0.2) is 34.9 Å². The Morgan fingerprint density at radius 3 is 0.804 bits per heavy atom. The molecule has 10 nitrogen and oxygen atoms in total. The lowest BCUT2D eigenvalue weighted by molar-refractivity contribution is 1.07. The van der Waals surface area contributed by atoms with E-state index in [1.165, 1.54) is 27.1 Å². The van der Waals surface area contributed by atoms with Gasteiger partial charge in [0.05, 0.1) is 22.1 Å².